The van der Waals surface area contributed by atoms with Crippen molar-refractivity contribution < 1.29 is 14.5 Å². The van der Waals surface area contributed by atoms with E-state index in [1.807, 2.05) is 4.68 Å². The van der Waals surface area contributed by atoms with Gasteiger partial charge in [-0.1, -0.05) is 12.8 Å². The fourth-order valence-electron chi connectivity index (χ4n) is 3.16. The highest BCUT2D eigenvalue weighted by Crippen LogP contribution is 2.31. The molecule has 0 bridgehead atoms. The summed E-state index contributed by atoms with van der Waals surface area (Å²) >= 11 is 0. The number of carbonyl (C=O) groups is 1. The summed E-state index contributed by atoms with van der Waals surface area (Å²) in [5.41, 5.74) is 0.314. The van der Waals surface area contributed by atoms with Gasteiger partial charge in [-0.05, 0) is 18.9 Å². The largest absolute Gasteiger partial charge is 0.495 e. The van der Waals surface area contributed by atoms with E-state index in [9.17, 15) is 14.9 Å². The molecule has 2 aromatic rings. The Morgan fingerprint density at radius 1 is 1.38 bits per heavy atom. The number of hydrogen-bond acceptors (Lipinski definition) is 6. The quantitative estimate of drug-likeness (QED) is 0.581. The zero-order chi connectivity index (χ0) is 18.5. The second kappa shape index (κ2) is 7.85. The highest BCUT2D eigenvalue weighted by atomic mass is 16.6. The number of carbonyl (C=O) groups excluding carboxylic acids is 1. The van der Waals surface area contributed by atoms with Crippen molar-refractivity contribution in [3.63, 3.8) is 0 Å². The van der Waals surface area contributed by atoms with E-state index < -0.39 is 4.92 Å². The molecule has 1 aliphatic rings. The van der Waals surface area contributed by atoms with Gasteiger partial charge in [-0.3, -0.25) is 14.9 Å². The molecule has 0 saturated heterocycles. The number of hydrogen-bond donors (Lipinski definition) is 2. The molecule has 1 heterocycles. The maximum absolute atomic E-state index is 12.3. The van der Waals surface area contributed by atoms with Crippen LogP contribution in [0.2, 0.25) is 0 Å². The molecule has 9 nitrogen and oxygen atoms in total. The summed E-state index contributed by atoms with van der Waals surface area (Å²) in [6.07, 6.45) is 6.14. The number of benzene rings is 1. The second-order valence-corrected chi connectivity index (χ2v) is 6.14. The average molecular weight is 359 g/mol. The molecule has 1 fully saturated rings. The number of non-ortho nitro benzene ring substituents is 1. The van der Waals surface area contributed by atoms with Crippen LogP contribution in [0, 0.1) is 10.1 Å². The molecule has 0 atom stereocenters. The monoisotopic (exact) mass is 359 g/mol. The standard InChI is InChI=1S/C17H21N5O4/c1-26-15-7-6-13(22(24)25)10-14(15)18-11-17(23)20-16-8-9-19-21(16)12-4-2-3-5-12/h6-10,12,18H,2-5,11H2,1H3,(H,20,23). The lowest BCUT2D eigenvalue weighted by Gasteiger charge is -2.15. The minimum atomic E-state index is -0.495. The van der Waals surface area contributed by atoms with Crippen LogP contribution in [-0.4, -0.2) is 34.3 Å². The SMILES string of the molecule is COc1ccc([N+](=O)[O-])cc1NCC(=O)Nc1ccnn1C1CCCC1. The number of rotatable bonds is 7. The van der Waals surface area contributed by atoms with Crippen LogP contribution < -0.4 is 15.4 Å². The van der Waals surface area contributed by atoms with Crippen molar-refractivity contribution in [1.29, 1.82) is 0 Å². The van der Waals surface area contributed by atoms with Crippen molar-refractivity contribution in [1.82, 2.24) is 9.78 Å². The van der Waals surface area contributed by atoms with Gasteiger partial charge in [-0.2, -0.15) is 5.10 Å². The van der Waals surface area contributed by atoms with Gasteiger partial charge < -0.3 is 15.4 Å². The molecule has 1 amide bonds. The molecule has 1 saturated carbocycles. The Labute approximate surface area is 150 Å². The number of nitro benzene ring substituents is 1. The zero-order valence-corrected chi connectivity index (χ0v) is 14.5. The van der Waals surface area contributed by atoms with Crippen LogP contribution in [0.5, 0.6) is 5.75 Å². The minimum Gasteiger partial charge on any atom is -0.495 e. The fraction of sp³-hybridized carbons (Fsp3) is 0.412. The number of aromatic nitrogens is 2. The highest BCUT2D eigenvalue weighted by Gasteiger charge is 2.20. The first-order chi connectivity index (χ1) is 12.6. The Bertz CT molecular complexity index is 798. The van der Waals surface area contributed by atoms with E-state index in [2.05, 4.69) is 15.7 Å². The van der Waals surface area contributed by atoms with Gasteiger partial charge in [-0.25, -0.2) is 4.68 Å². The predicted molar refractivity (Wildman–Crippen MR) is 96.5 cm³/mol. The van der Waals surface area contributed by atoms with Crippen LogP contribution in [0.1, 0.15) is 31.7 Å². The van der Waals surface area contributed by atoms with Gasteiger partial charge in [0, 0.05) is 18.2 Å². The molecule has 138 valence electrons. The van der Waals surface area contributed by atoms with E-state index in [1.165, 1.54) is 38.2 Å². The maximum atomic E-state index is 12.3. The Morgan fingerprint density at radius 3 is 2.85 bits per heavy atom. The Hall–Kier alpha value is -3.10. The summed E-state index contributed by atoms with van der Waals surface area (Å²) < 4.78 is 7.03. The molecule has 26 heavy (non-hydrogen) atoms. The van der Waals surface area contributed by atoms with Crippen LogP contribution in [0.15, 0.2) is 30.5 Å². The molecule has 0 spiro atoms. The summed E-state index contributed by atoms with van der Waals surface area (Å²) in [6, 6.07) is 6.28. The number of nitrogens with zero attached hydrogens (tertiary/aromatic N) is 3. The first-order valence-corrected chi connectivity index (χ1v) is 8.48. The summed E-state index contributed by atoms with van der Waals surface area (Å²) in [5, 5.41) is 21.0. The molecule has 1 aromatic heterocycles. The molecule has 0 aliphatic heterocycles. The van der Waals surface area contributed by atoms with Crippen molar-refractivity contribution in [3.8, 4) is 5.75 Å². The van der Waals surface area contributed by atoms with Gasteiger partial charge in [0.15, 0.2) is 0 Å². The van der Waals surface area contributed by atoms with E-state index in [0.29, 0.717) is 23.3 Å². The maximum Gasteiger partial charge on any atom is 0.271 e. The molecule has 9 heteroatoms. The number of nitro groups is 1. The summed E-state index contributed by atoms with van der Waals surface area (Å²) in [5.74, 6) is 0.826. The first kappa shape index (κ1) is 17.7. The van der Waals surface area contributed by atoms with Crippen LogP contribution >= 0.6 is 0 Å². The molecule has 0 radical (unpaired) electrons. The van der Waals surface area contributed by atoms with Crippen molar-refractivity contribution in [2.45, 2.75) is 31.7 Å². The van der Waals surface area contributed by atoms with E-state index in [-0.39, 0.29) is 18.1 Å². The first-order valence-electron chi connectivity index (χ1n) is 8.48. The Morgan fingerprint density at radius 2 is 2.15 bits per heavy atom. The highest BCUT2D eigenvalue weighted by molar-refractivity contribution is 5.93. The lowest BCUT2D eigenvalue weighted by molar-refractivity contribution is -0.384. The van der Waals surface area contributed by atoms with Crippen LogP contribution in [-0.2, 0) is 4.79 Å². The van der Waals surface area contributed by atoms with Crippen molar-refractivity contribution in [2.24, 2.45) is 0 Å². The van der Waals surface area contributed by atoms with Gasteiger partial charge in [-0.15, -0.1) is 0 Å². The van der Waals surface area contributed by atoms with Gasteiger partial charge in [0.25, 0.3) is 5.69 Å². The summed E-state index contributed by atoms with van der Waals surface area (Å²) in [6.45, 7) is -0.0482. The van der Waals surface area contributed by atoms with E-state index in [0.717, 1.165) is 12.8 Å². The normalized spacial score (nSPS) is 14.2. The second-order valence-electron chi connectivity index (χ2n) is 6.14. The van der Waals surface area contributed by atoms with Crippen LogP contribution in [0.25, 0.3) is 0 Å². The summed E-state index contributed by atoms with van der Waals surface area (Å²) in [7, 11) is 1.46. The number of ether oxygens (including phenoxy) is 1. The smallest absolute Gasteiger partial charge is 0.271 e. The van der Waals surface area contributed by atoms with Crippen LogP contribution in [0.4, 0.5) is 17.2 Å². The Kier molecular flexibility index (Phi) is 5.35. The van der Waals surface area contributed by atoms with Gasteiger partial charge in [0.1, 0.15) is 11.6 Å². The third-order valence-electron chi connectivity index (χ3n) is 4.44. The van der Waals surface area contributed by atoms with Gasteiger partial charge >= 0.3 is 0 Å². The molecule has 3 rings (SSSR count). The number of amides is 1. The van der Waals surface area contributed by atoms with Gasteiger partial charge in [0.2, 0.25) is 5.91 Å². The van der Waals surface area contributed by atoms with Crippen molar-refractivity contribution in [3.05, 3.63) is 40.6 Å². The topological polar surface area (TPSA) is 111 Å². The van der Waals surface area contributed by atoms with Crippen LogP contribution in [0.3, 0.4) is 0 Å². The van der Waals surface area contributed by atoms with Gasteiger partial charge in [0.05, 0.1) is 36.5 Å². The molecular formula is C17H21N5O4. The third kappa shape index (κ3) is 3.93. The number of anilines is 2. The average Bonchev–Trinajstić information content (AvgIpc) is 3.30. The molecule has 1 aromatic carbocycles. The molecule has 0 unspecified atom stereocenters. The molecule has 1 aliphatic carbocycles. The molecule has 2 N–H and O–H groups in total. The zero-order valence-electron chi connectivity index (χ0n) is 14.5. The lowest BCUT2D eigenvalue weighted by atomic mass is 10.2. The number of nitrogens with one attached hydrogen (secondary N) is 2. The number of methoxy groups -OCH3 is 1. The van der Waals surface area contributed by atoms with E-state index >= 15 is 0 Å². The van der Waals surface area contributed by atoms with E-state index in [4.69, 9.17) is 4.74 Å². The molecular weight excluding hydrogens is 338 g/mol. The summed E-state index contributed by atoms with van der Waals surface area (Å²) in [4.78, 5) is 22.7. The Balaban J connectivity index is 1.64. The fourth-order valence-corrected chi connectivity index (χ4v) is 3.16. The van der Waals surface area contributed by atoms with E-state index in [1.54, 1.807) is 12.3 Å². The van der Waals surface area contributed by atoms with Crippen molar-refractivity contribution in [2.75, 3.05) is 24.3 Å². The van der Waals surface area contributed by atoms with Crippen molar-refractivity contribution >= 4 is 23.1 Å². The predicted octanol–water partition coefficient (Wildman–Crippen LogP) is 2.97. The lowest BCUT2D eigenvalue weighted by Crippen LogP contribution is -2.24. The minimum absolute atomic E-state index is 0.0482. The third-order valence-corrected chi connectivity index (χ3v) is 4.44.